The Kier molecular flexibility index (Phi) is 5.21. The van der Waals surface area contributed by atoms with Crippen LogP contribution in [0.4, 0.5) is 0 Å². The van der Waals surface area contributed by atoms with E-state index in [0.717, 1.165) is 6.54 Å². The average Bonchev–Trinajstić information content (AvgIpc) is 2.64. The highest BCUT2D eigenvalue weighted by atomic mass is 32.2. The molecule has 0 saturated carbocycles. The maximum absolute atomic E-state index is 11.1. The topological polar surface area (TPSA) is 49.4 Å². The smallest absolute Gasteiger partial charge is 0.148 e. The first kappa shape index (κ1) is 13.9. The van der Waals surface area contributed by atoms with Crippen molar-refractivity contribution >= 4 is 9.84 Å². The Bertz CT molecular complexity index is 297. The maximum atomic E-state index is 11.1. The van der Waals surface area contributed by atoms with Gasteiger partial charge in [0.2, 0.25) is 0 Å². The van der Waals surface area contributed by atoms with Crippen LogP contribution in [0.15, 0.2) is 0 Å². The summed E-state index contributed by atoms with van der Waals surface area (Å²) in [4.78, 5) is 2.46. The maximum Gasteiger partial charge on any atom is 0.148 e. The van der Waals surface area contributed by atoms with Crippen molar-refractivity contribution < 1.29 is 8.42 Å². The minimum absolute atomic E-state index is 0.0417. The van der Waals surface area contributed by atoms with Crippen LogP contribution >= 0.6 is 0 Å². The van der Waals surface area contributed by atoms with Crippen molar-refractivity contribution in [3.8, 4) is 0 Å². The minimum Gasteiger partial charge on any atom is -0.312 e. The van der Waals surface area contributed by atoms with Crippen molar-refractivity contribution in [2.24, 2.45) is 0 Å². The molecule has 4 nitrogen and oxygen atoms in total. The van der Waals surface area contributed by atoms with Crippen molar-refractivity contribution in [2.75, 3.05) is 31.6 Å². The van der Waals surface area contributed by atoms with Crippen molar-refractivity contribution in [2.45, 2.75) is 38.8 Å². The molecule has 0 bridgehead atoms. The Hall–Kier alpha value is -0.130. The molecule has 0 amide bonds. The van der Waals surface area contributed by atoms with Crippen LogP contribution in [0.5, 0.6) is 0 Å². The number of nitrogens with one attached hydrogen (secondary N) is 1. The third-order valence-electron chi connectivity index (χ3n) is 3.08. The lowest BCUT2D eigenvalue weighted by Crippen LogP contribution is -2.43. The molecular weight excluding hydrogens is 224 g/mol. The second kappa shape index (κ2) is 5.98. The number of likely N-dealkylation sites (tertiary alicyclic amines) is 1. The lowest BCUT2D eigenvalue weighted by molar-refractivity contribution is 0.248. The standard InChI is InChI=1S/C11H24N2O2S/c1-10(9-16(3,14)15)12-8-11(2)13-6-4-5-7-13/h10-12H,4-9H2,1-3H3. The van der Waals surface area contributed by atoms with Crippen molar-refractivity contribution in [3.05, 3.63) is 0 Å². The number of hydrogen-bond donors (Lipinski definition) is 1. The zero-order valence-electron chi connectivity index (χ0n) is 10.6. The quantitative estimate of drug-likeness (QED) is 0.743. The van der Waals surface area contributed by atoms with Gasteiger partial charge in [-0.1, -0.05) is 0 Å². The van der Waals surface area contributed by atoms with E-state index in [4.69, 9.17) is 0 Å². The van der Waals surface area contributed by atoms with Crippen molar-refractivity contribution in [1.29, 1.82) is 0 Å². The average molecular weight is 248 g/mol. The van der Waals surface area contributed by atoms with Gasteiger partial charge in [-0.15, -0.1) is 0 Å². The predicted octanol–water partition coefficient (Wildman–Crippen LogP) is 0.493. The summed E-state index contributed by atoms with van der Waals surface area (Å²) in [6.45, 7) is 7.37. The van der Waals surface area contributed by atoms with Gasteiger partial charge in [-0.2, -0.15) is 0 Å². The van der Waals surface area contributed by atoms with E-state index >= 15 is 0 Å². The molecule has 0 radical (unpaired) electrons. The summed E-state index contributed by atoms with van der Waals surface area (Å²) in [5.41, 5.74) is 0. The first-order valence-corrected chi connectivity index (χ1v) is 8.09. The largest absolute Gasteiger partial charge is 0.312 e. The van der Waals surface area contributed by atoms with E-state index in [-0.39, 0.29) is 11.8 Å². The molecule has 1 N–H and O–H groups in total. The Labute approximate surface area is 99.3 Å². The summed E-state index contributed by atoms with van der Waals surface area (Å²) in [5.74, 6) is 0.222. The summed E-state index contributed by atoms with van der Waals surface area (Å²) in [6.07, 6.45) is 3.88. The van der Waals surface area contributed by atoms with Crippen LogP contribution in [0.1, 0.15) is 26.7 Å². The molecule has 1 aliphatic rings. The van der Waals surface area contributed by atoms with E-state index in [0.29, 0.717) is 6.04 Å². The van der Waals surface area contributed by atoms with Crippen LogP contribution < -0.4 is 5.32 Å². The van der Waals surface area contributed by atoms with Gasteiger partial charge in [-0.25, -0.2) is 8.42 Å². The van der Waals surface area contributed by atoms with E-state index < -0.39 is 9.84 Å². The fourth-order valence-corrected chi connectivity index (χ4v) is 3.22. The van der Waals surface area contributed by atoms with Crippen LogP contribution in [0.3, 0.4) is 0 Å². The highest BCUT2D eigenvalue weighted by Gasteiger charge is 2.18. The Morgan fingerprint density at radius 3 is 2.31 bits per heavy atom. The number of rotatable bonds is 6. The van der Waals surface area contributed by atoms with Gasteiger partial charge in [0.15, 0.2) is 0 Å². The molecule has 96 valence electrons. The van der Waals surface area contributed by atoms with Crippen LogP contribution in [0.2, 0.25) is 0 Å². The number of nitrogens with zero attached hydrogens (tertiary/aromatic N) is 1. The third-order valence-corrected chi connectivity index (χ3v) is 4.18. The molecule has 0 spiro atoms. The second-order valence-electron chi connectivity index (χ2n) is 4.99. The Morgan fingerprint density at radius 1 is 1.25 bits per heavy atom. The van der Waals surface area contributed by atoms with Crippen LogP contribution in [-0.4, -0.2) is 57.0 Å². The molecule has 0 aromatic rings. The highest BCUT2D eigenvalue weighted by Crippen LogP contribution is 2.10. The van der Waals surface area contributed by atoms with Crippen LogP contribution in [0, 0.1) is 0 Å². The normalized spacial score (nSPS) is 22.2. The summed E-state index contributed by atoms with van der Waals surface area (Å²) in [6, 6.07) is 0.546. The summed E-state index contributed by atoms with van der Waals surface area (Å²) in [5, 5.41) is 3.29. The van der Waals surface area contributed by atoms with Gasteiger partial charge < -0.3 is 5.32 Å². The molecule has 0 aromatic heterocycles. The summed E-state index contributed by atoms with van der Waals surface area (Å²) >= 11 is 0. The monoisotopic (exact) mass is 248 g/mol. The highest BCUT2D eigenvalue weighted by molar-refractivity contribution is 7.90. The molecule has 2 unspecified atom stereocenters. The van der Waals surface area contributed by atoms with Crippen molar-refractivity contribution in [1.82, 2.24) is 10.2 Å². The first-order chi connectivity index (χ1) is 7.38. The molecule has 2 atom stereocenters. The molecule has 16 heavy (non-hydrogen) atoms. The predicted molar refractivity (Wildman–Crippen MR) is 67.4 cm³/mol. The van der Waals surface area contributed by atoms with Gasteiger partial charge >= 0.3 is 0 Å². The summed E-state index contributed by atoms with van der Waals surface area (Å²) < 4.78 is 22.2. The van der Waals surface area contributed by atoms with Gasteiger partial charge in [0.25, 0.3) is 0 Å². The van der Waals surface area contributed by atoms with Crippen LogP contribution in [0.25, 0.3) is 0 Å². The van der Waals surface area contributed by atoms with E-state index in [9.17, 15) is 8.42 Å². The van der Waals surface area contributed by atoms with E-state index in [2.05, 4.69) is 17.1 Å². The van der Waals surface area contributed by atoms with Gasteiger partial charge in [0, 0.05) is 24.9 Å². The van der Waals surface area contributed by atoms with Gasteiger partial charge in [-0.3, -0.25) is 4.90 Å². The fourth-order valence-electron chi connectivity index (χ4n) is 2.20. The first-order valence-electron chi connectivity index (χ1n) is 6.03. The SMILES string of the molecule is CC(CS(C)(=O)=O)NCC(C)N1CCCC1. The Morgan fingerprint density at radius 2 is 1.81 bits per heavy atom. The molecule has 1 fully saturated rings. The van der Waals surface area contributed by atoms with E-state index in [1.807, 2.05) is 6.92 Å². The second-order valence-corrected chi connectivity index (χ2v) is 7.18. The summed E-state index contributed by atoms with van der Waals surface area (Å²) in [7, 11) is -2.87. The zero-order chi connectivity index (χ0) is 12.2. The molecule has 0 aliphatic carbocycles. The molecule has 1 rings (SSSR count). The number of hydrogen-bond acceptors (Lipinski definition) is 4. The number of sulfone groups is 1. The van der Waals surface area contributed by atoms with E-state index in [1.165, 1.54) is 32.2 Å². The third kappa shape index (κ3) is 5.27. The van der Waals surface area contributed by atoms with Gasteiger partial charge in [0.1, 0.15) is 9.84 Å². The van der Waals surface area contributed by atoms with Gasteiger partial charge in [0.05, 0.1) is 5.75 Å². The van der Waals surface area contributed by atoms with Gasteiger partial charge in [-0.05, 0) is 39.8 Å². The molecule has 1 aliphatic heterocycles. The lowest BCUT2D eigenvalue weighted by Gasteiger charge is -2.25. The van der Waals surface area contributed by atoms with E-state index in [1.54, 1.807) is 0 Å². The molecule has 0 aromatic carbocycles. The zero-order valence-corrected chi connectivity index (χ0v) is 11.4. The fraction of sp³-hybridized carbons (Fsp3) is 1.00. The molecular formula is C11H24N2O2S. The van der Waals surface area contributed by atoms with Crippen molar-refractivity contribution in [3.63, 3.8) is 0 Å². The molecule has 1 saturated heterocycles. The lowest BCUT2D eigenvalue weighted by atomic mass is 10.2. The van der Waals surface area contributed by atoms with Crippen LogP contribution in [-0.2, 0) is 9.84 Å². The molecule has 5 heteroatoms. The Balaban J connectivity index is 2.22. The minimum atomic E-state index is -2.87. The molecule has 1 heterocycles.